The van der Waals surface area contributed by atoms with Gasteiger partial charge < -0.3 is 40.8 Å². The molecule has 2 bridgehead atoms. The number of allylic oxidation sites excluding steroid dienone is 4. The van der Waals surface area contributed by atoms with Crippen LogP contribution in [-0.4, -0.2) is 104 Å². The number of hydrogen-bond acceptors (Lipinski definition) is 12. The van der Waals surface area contributed by atoms with Crippen molar-refractivity contribution < 1.29 is 48.8 Å². The number of Topliss-reactive ketones (excluding diaryl/α,β-unsaturated/α-hetero) is 1. The van der Waals surface area contributed by atoms with E-state index in [0.29, 0.717) is 29.8 Å². The molecule has 0 aliphatic carbocycles. The van der Waals surface area contributed by atoms with Crippen LogP contribution in [0.5, 0.6) is 5.75 Å². The fourth-order valence-corrected chi connectivity index (χ4v) is 7.05. The predicted octanol–water partition coefficient (Wildman–Crippen LogP) is 3.36. The molecule has 8 atom stereocenters. The summed E-state index contributed by atoms with van der Waals surface area (Å²) in [6.45, 7) is 8.27. The minimum Gasteiger partial charge on any atom is -0.508 e. The van der Waals surface area contributed by atoms with Crippen LogP contribution in [-0.2, 0) is 39.9 Å². The molecule has 2 aliphatic heterocycles. The Balaban J connectivity index is 1.70. The molecule has 0 spiro atoms. The van der Waals surface area contributed by atoms with Gasteiger partial charge >= 0.3 is 5.97 Å². The number of fused-ring (bicyclic) bond motifs is 2. The molecule has 4 rings (SSSR count). The van der Waals surface area contributed by atoms with Crippen molar-refractivity contribution in [2.45, 2.75) is 110 Å². The summed E-state index contributed by atoms with van der Waals surface area (Å²) in [4.78, 5) is 84.8. The summed E-state index contributed by atoms with van der Waals surface area (Å²) in [7, 11) is 0. The number of phenols is 1. The van der Waals surface area contributed by atoms with Crippen molar-refractivity contribution in [3.05, 3.63) is 102 Å². The molecule has 62 heavy (non-hydrogen) atoms. The highest BCUT2D eigenvalue weighted by Gasteiger charge is 2.38. The molecule has 1 saturated heterocycles. The number of nitrogens with zero attached hydrogens (tertiary/aromatic N) is 2. The monoisotopic (exact) mass is 856 g/mol. The summed E-state index contributed by atoms with van der Waals surface area (Å²) in [6, 6.07) is 7.97. The zero-order chi connectivity index (χ0) is 45.3. The Kier molecular flexibility index (Phi) is 18.8. The zero-order valence-corrected chi connectivity index (χ0v) is 35.9. The van der Waals surface area contributed by atoms with E-state index in [4.69, 9.17) is 4.74 Å². The first-order valence-electron chi connectivity index (χ1n) is 21.0. The van der Waals surface area contributed by atoms with Gasteiger partial charge in [0.05, 0.1) is 18.1 Å². The molecule has 16 nitrogen and oxygen atoms in total. The maximum atomic E-state index is 14.3. The van der Waals surface area contributed by atoms with Crippen LogP contribution in [0.25, 0.3) is 0 Å². The lowest BCUT2D eigenvalue weighted by atomic mass is 9.84. The van der Waals surface area contributed by atoms with Gasteiger partial charge in [-0.25, -0.2) is 10.4 Å². The number of esters is 1. The summed E-state index contributed by atoms with van der Waals surface area (Å²) in [5.41, 5.74) is 4.11. The molecule has 7 N–H and O–H groups in total. The van der Waals surface area contributed by atoms with Gasteiger partial charge in [0.2, 0.25) is 17.7 Å². The number of benzene rings is 1. The van der Waals surface area contributed by atoms with Crippen molar-refractivity contribution >= 4 is 41.2 Å². The summed E-state index contributed by atoms with van der Waals surface area (Å²) in [5.74, 6) is -5.49. The van der Waals surface area contributed by atoms with Crippen LogP contribution >= 0.6 is 0 Å². The van der Waals surface area contributed by atoms with E-state index in [2.05, 4.69) is 26.4 Å². The Morgan fingerprint density at radius 3 is 2.50 bits per heavy atom. The van der Waals surface area contributed by atoms with E-state index in [0.717, 1.165) is 0 Å². The highest BCUT2D eigenvalue weighted by Crippen LogP contribution is 2.24. The van der Waals surface area contributed by atoms with Gasteiger partial charge in [-0.05, 0) is 74.4 Å². The fraction of sp³-hybridized carbons (Fsp3) is 0.457. The molecule has 0 radical (unpaired) electrons. The average Bonchev–Trinajstić information content (AvgIpc) is 3.23. The molecule has 0 saturated carbocycles. The van der Waals surface area contributed by atoms with Gasteiger partial charge in [-0.2, -0.15) is 0 Å². The van der Waals surface area contributed by atoms with Gasteiger partial charge in [-0.15, -0.1) is 0 Å². The normalized spacial score (nSPS) is 26.3. The Morgan fingerprint density at radius 2 is 1.81 bits per heavy atom. The van der Waals surface area contributed by atoms with Crippen LogP contribution in [0.2, 0.25) is 0 Å². The predicted molar refractivity (Wildman–Crippen MR) is 232 cm³/mol. The smallest absolute Gasteiger partial charge is 0.325 e. The van der Waals surface area contributed by atoms with E-state index in [-0.39, 0.29) is 43.8 Å². The maximum absolute atomic E-state index is 14.3. The van der Waals surface area contributed by atoms with Crippen LogP contribution in [0, 0.1) is 17.8 Å². The van der Waals surface area contributed by atoms with Crippen molar-refractivity contribution in [3.63, 3.8) is 0 Å². The third-order valence-electron chi connectivity index (χ3n) is 10.8. The molecule has 16 heteroatoms. The van der Waals surface area contributed by atoms with E-state index in [1.54, 1.807) is 88.5 Å². The number of carbonyl (C=O) groups excluding carboxylic acids is 6. The topological polar surface area (TPSA) is 237 Å². The van der Waals surface area contributed by atoms with Crippen LogP contribution in [0.3, 0.4) is 0 Å². The molecule has 8 unspecified atom stereocenters. The maximum Gasteiger partial charge on any atom is 0.325 e. The van der Waals surface area contributed by atoms with E-state index in [9.17, 15) is 44.1 Å². The number of nitrogens with one attached hydrogen (secondary N) is 4. The van der Waals surface area contributed by atoms with E-state index in [1.807, 2.05) is 0 Å². The second-order valence-electron chi connectivity index (χ2n) is 16.1. The first kappa shape index (κ1) is 48.7. The van der Waals surface area contributed by atoms with Crippen molar-refractivity contribution in [1.29, 1.82) is 0 Å². The highest BCUT2D eigenvalue weighted by atomic mass is 16.5. The largest absolute Gasteiger partial charge is 0.508 e. The van der Waals surface area contributed by atoms with Gasteiger partial charge in [0.15, 0.2) is 0 Å². The number of phenolic OH excluding ortho intramolecular Hbond substituents is 1. The van der Waals surface area contributed by atoms with Crippen LogP contribution in [0.1, 0.15) is 72.3 Å². The second kappa shape index (κ2) is 23.9. The first-order valence-corrected chi connectivity index (χ1v) is 21.0. The van der Waals surface area contributed by atoms with Crippen LogP contribution in [0.15, 0.2) is 96.8 Å². The molecule has 1 fully saturated rings. The molecule has 2 aromatic rings. The van der Waals surface area contributed by atoms with E-state index < -0.39 is 83.8 Å². The minimum absolute atomic E-state index is 0.0346. The standard InChI is InChI=1S/C46H60N6O10/c1-28(2)41-44(59)48-36(27-32-15-12-16-33(54)26-32)45(60)52-25-13-17-35(51-52)46(61)62-38(29(3)14-11-21-40(56)49-39-20-9-10-24-47-39)19-8-6-7-18-37(55)31(5)42(57)34(43(58)50-41)23-22-30(4)53/h6-12,14-16,18,20-21,24,26,28,31,34-38,41-42,51,54-55,57H,13,17,19,22-23,25,27H2,1-5H3,(H,48,59)(H,50,58)(H,47,49,56). The van der Waals surface area contributed by atoms with Crippen LogP contribution < -0.4 is 21.4 Å². The summed E-state index contributed by atoms with van der Waals surface area (Å²) in [5, 5.41) is 42.2. The average molecular weight is 857 g/mol. The minimum atomic E-state index is -1.43. The van der Waals surface area contributed by atoms with Crippen molar-refractivity contribution in [2.75, 3.05) is 11.9 Å². The van der Waals surface area contributed by atoms with Crippen molar-refractivity contribution in [2.24, 2.45) is 17.8 Å². The van der Waals surface area contributed by atoms with Crippen molar-refractivity contribution in [3.8, 4) is 5.75 Å². The number of carbonyl (C=O) groups is 6. The fourth-order valence-electron chi connectivity index (χ4n) is 7.05. The SMILES string of the molecule is CC(=O)CCC1C(=O)NC(C(C)C)C(=O)NC(Cc2cccc(O)c2)C(=O)N2CCCC(N2)C(=O)OC(C(C)=CC=CC(=O)Nc2ccccn2)CC=CC=CC(O)C(C)C1O. The molecule has 2 aliphatic rings. The third kappa shape index (κ3) is 14.9. The van der Waals surface area contributed by atoms with Gasteiger partial charge in [-0.1, -0.05) is 75.4 Å². The highest BCUT2D eigenvalue weighted by molar-refractivity contribution is 5.98. The van der Waals surface area contributed by atoms with Gasteiger partial charge in [0, 0.05) is 44.0 Å². The van der Waals surface area contributed by atoms with Gasteiger partial charge in [0.25, 0.3) is 5.91 Å². The quantitative estimate of drug-likeness (QED) is 0.104. The Hall–Kier alpha value is -5.97. The third-order valence-corrected chi connectivity index (χ3v) is 10.8. The molecule has 1 aromatic heterocycles. The van der Waals surface area contributed by atoms with Crippen LogP contribution in [0.4, 0.5) is 5.82 Å². The molecule has 1 aromatic carbocycles. The molecular weight excluding hydrogens is 797 g/mol. The number of hydrogen-bond donors (Lipinski definition) is 7. The number of amides is 4. The molecule has 3 heterocycles. The number of pyridine rings is 1. The Bertz CT molecular complexity index is 2000. The number of hydrazine groups is 1. The lowest BCUT2D eigenvalue weighted by Crippen LogP contribution is -2.62. The first-order chi connectivity index (χ1) is 29.5. The van der Waals surface area contributed by atoms with Gasteiger partial charge in [-0.3, -0.25) is 29.0 Å². The van der Waals surface area contributed by atoms with E-state index >= 15 is 0 Å². The molecule has 4 amide bonds. The number of aliphatic hydroxyl groups is 2. The number of aromatic nitrogens is 1. The lowest BCUT2D eigenvalue weighted by molar-refractivity contribution is -0.156. The number of rotatable bonds is 10. The summed E-state index contributed by atoms with van der Waals surface area (Å²) < 4.78 is 6.03. The number of cyclic esters (lactones) is 1. The molecular formula is C46H60N6O10. The Labute approximate surface area is 362 Å². The number of aliphatic hydroxyl groups excluding tert-OH is 2. The lowest BCUT2D eigenvalue weighted by Gasteiger charge is -2.36. The Morgan fingerprint density at radius 1 is 1.03 bits per heavy atom. The van der Waals surface area contributed by atoms with Crippen molar-refractivity contribution in [1.82, 2.24) is 26.1 Å². The number of ketones is 1. The van der Waals surface area contributed by atoms with Gasteiger partial charge in [0.1, 0.15) is 41.6 Å². The second-order valence-corrected chi connectivity index (χ2v) is 16.1. The number of ether oxygens (including phenoxy) is 1. The summed E-state index contributed by atoms with van der Waals surface area (Å²) in [6.07, 6.45) is 9.68. The van der Waals surface area contributed by atoms with E-state index in [1.165, 1.54) is 42.3 Å². The molecule has 334 valence electrons. The zero-order valence-electron chi connectivity index (χ0n) is 35.9. The summed E-state index contributed by atoms with van der Waals surface area (Å²) >= 11 is 0. The number of aromatic hydroxyl groups is 1. The number of anilines is 1.